The summed E-state index contributed by atoms with van der Waals surface area (Å²) in [6, 6.07) is 1.91. The van der Waals surface area contributed by atoms with Gasteiger partial charge in [0.15, 0.2) is 5.82 Å². The van der Waals surface area contributed by atoms with E-state index in [1.807, 2.05) is 10.6 Å². The molecule has 0 fully saturated rings. The molecule has 2 heterocycles. The monoisotopic (exact) mass is 258 g/mol. The molecule has 0 aliphatic rings. The zero-order valence-electron chi connectivity index (χ0n) is 10.5. The van der Waals surface area contributed by atoms with E-state index >= 15 is 0 Å². The minimum Gasteiger partial charge on any atom is -0.382 e. The normalized spacial score (nSPS) is 10.1. The molecule has 0 spiro atoms. The third kappa shape index (κ3) is 2.95. The van der Waals surface area contributed by atoms with Gasteiger partial charge in [0, 0.05) is 6.54 Å². The maximum Gasteiger partial charge on any atom is 0.225 e. The molecule has 3 N–H and O–H groups in total. The predicted molar refractivity (Wildman–Crippen MR) is 68.8 cm³/mol. The van der Waals surface area contributed by atoms with Crippen molar-refractivity contribution in [3.63, 3.8) is 0 Å². The third-order valence-corrected chi connectivity index (χ3v) is 2.50. The van der Waals surface area contributed by atoms with Crippen molar-refractivity contribution in [2.75, 3.05) is 11.1 Å². The molecule has 98 valence electrons. The molecule has 8 heteroatoms. The molecule has 2 aromatic heterocycles. The fraction of sp³-hybridized carbons (Fsp3) is 0.364. The smallest absolute Gasteiger partial charge is 0.225 e. The lowest BCUT2D eigenvalue weighted by molar-refractivity contribution is 0.643. The van der Waals surface area contributed by atoms with Crippen molar-refractivity contribution in [2.45, 2.75) is 26.4 Å². The minimum absolute atomic E-state index is 0.162. The van der Waals surface area contributed by atoms with Crippen LogP contribution in [0.3, 0.4) is 0 Å². The molecule has 19 heavy (non-hydrogen) atoms. The van der Waals surface area contributed by atoms with Gasteiger partial charge in [-0.3, -0.25) is 0 Å². The van der Waals surface area contributed by atoms with E-state index < -0.39 is 0 Å². The van der Waals surface area contributed by atoms with Crippen molar-refractivity contribution < 1.29 is 0 Å². The second-order valence-electron chi connectivity index (χ2n) is 3.90. The number of hydrogen-bond donors (Lipinski definition) is 2. The highest BCUT2D eigenvalue weighted by Crippen LogP contribution is 2.09. The van der Waals surface area contributed by atoms with E-state index in [-0.39, 0.29) is 11.4 Å². The van der Waals surface area contributed by atoms with Gasteiger partial charge in [-0.1, -0.05) is 6.92 Å². The molecule has 0 aliphatic heterocycles. The van der Waals surface area contributed by atoms with E-state index in [0.717, 1.165) is 18.8 Å². The van der Waals surface area contributed by atoms with Crippen molar-refractivity contribution in [2.24, 2.45) is 0 Å². The Balaban J connectivity index is 2.04. The van der Waals surface area contributed by atoms with Crippen LogP contribution in [0.1, 0.15) is 24.7 Å². The Morgan fingerprint density at radius 2 is 2.37 bits per heavy atom. The summed E-state index contributed by atoms with van der Waals surface area (Å²) in [5, 5.41) is 19.6. The van der Waals surface area contributed by atoms with Crippen molar-refractivity contribution in [3.8, 4) is 6.07 Å². The van der Waals surface area contributed by atoms with Gasteiger partial charge in [-0.05, 0) is 6.42 Å². The Bertz CT molecular complexity index is 597. The Kier molecular flexibility index (Phi) is 3.87. The molecule has 0 unspecified atom stereocenters. The topological polar surface area (TPSA) is 118 Å². The molecule has 0 saturated carbocycles. The number of nitrogens with two attached hydrogens (primary N) is 1. The average molecular weight is 258 g/mol. The molecule has 0 aromatic carbocycles. The average Bonchev–Trinajstić information content (AvgIpc) is 2.84. The maximum atomic E-state index is 8.73. The van der Waals surface area contributed by atoms with Crippen molar-refractivity contribution in [1.29, 1.82) is 5.26 Å². The van der Waals surface area contributed by atoms with Gasteiger partial charge in [0.2, 0.25) is 5.95 Å². The Hall–Kier alpha value is -2.69. The zero-order chi connectivity index (χ0) is 13.7. The number of nitrogens with one attached hydrogen (secondary N) is 1. The Morgan fingerprint density at radius 3 is 3.05 bits per heavy atom. The Morgan fingerprint density at radius 1 is 1.53 bits per heavy atom. The third-order valence-electron chi connectivity index (χ3n) is 2.50. The Labute approximate surface area is 110 Å². The first kappa shape index (κ1) is 12.8. The maximum absolute atomic E-state index is 8.73. The number of hydrogen-bond acceptors (Lipinski definition) is 7. The van der Waals surface area contributed by atoms with Crippen LogP contribution in [0.25, 0.3) is 0 Å². The van der Waals surface area contributed by atoms with Crippen LogP contribution < -0.4 is 11.1 Å². The number of aryl methyl sites for hydroxylation is 1. The van der Waals surface area contributed by atoms with Crippen LogP contribution in [-0.4, -0.2) is 24.7 Å². The number of aromatic nitrogens is 5. The number of nitrogen functional groups attached to an aromatic ring is 1. The molecule has 2 aromatic rings. The van der Waals surface area contributed by atoms with Crippen LogP contribution in [0, 0.1) is 11.3 Å². The SMILES string of the molecule is CCCn1cnnc1CNc1ncc(C#N)c(N)n1. The van der Waals surface area contributed by atoms with Crippen molar-refractivity contribution >= 4 is 11.8 Å². The molecule has 0 amide bonds. The first-order valence-corrected chi connectivity index (χ1v) is 5.87. The molecule has 0 bridgehead atoms. The molecule has 0 aliphatic carbocycles. The second kappa shape index (κ2) is 5.77. The number of nitrogens with zero attached hydrogens (tertiary/aromatic N) is 6. The molecule has 0 atom stereocenters. The summed E-state index contributed by atoms with van der Waals surface area (Å²) in [5.74, 6) is 1.32. The number of nitriles is 1. The van der Waals surface area contributed by atoms with E-state index in [4.69, 9.17) is 11.0 Å². The highest BCUT2D eigenvalue weighted by atomic mass is 15.3. The van der Waals surface area contributed by atoms with Crippen LogP contribution >= 0.6 is 0 Å². The van der Waals surface area contributed by atoms with E-state index in [1.165, 1.54) is 6.20 Å². The molecule has 0 radical (unpaired) electrons. The second-order valence-corrected chi connectivity index (χ2v) is 3.90. The lowest BCUT2D eigenvalue weighted by Crippen LogP contribution is -2.11. The van der Waals surface area contributed by atoms with Crippen molar-refractivity contribution in [3.05, 3.63) is 23.9 Å². The molecule has 8 nitrogen and oxygen atoms in total. The van der Waals surface area contributed by atoms with E-state index in [9.17, 15) is 0 Å². The van der Waals surface area contributed by atoms with Gasteiger partial charge in [-0.25, -0.2) is 4.98 Å². The largest absolute Gasteiger partial charge is 0.382 e. The summed E-state index contributed by atoms with van der Waals surface area (Å²) in [6.07, 6.45) is 4.08. The molecular formula is C11H14N8. The van der Waals surface area contributed by atoms with Gasteiger partial charge < -0.3 is 15.6 Å². The summed E-state index contributed by atoms with van der Waals surface area (Å²) >= 11 is 0. The van der Waals surface area contributed by atoms with E-state index in [2.05, 4.69) is 32.4 Å². The van der Waals surface area contributed by atoms with Gasteiger partial charge in [-0.2, -0.15) is 10.2 Å². The first-order chi connectivity index (χ1) is 9.24. The predicted octanol–water partition coefficient (Wildman–Crippen LogP) is 0.544. The lowest BCUT2D eigenvalue weighted by Gasteiger charge is -2.07. The number of anilines is 2. The van der Waals surface area contributed by atoms with E-state index in [0.29, 0.717) is 12.5 Å². The first-order valence-electron chi connectivity index (χ1n) is 5.87. The molecular weight excluding hydrogens is 244 g/mol. The highest BCUT2D eigenvalue weighted by molar-refractivity contribution is 5.49. The van der Waals surface area contributed by atoms with Crippen LogP contribution in [0.5, 0.6) is 0 Å². The van der Waals surface area contributed by atoms with Crippen LogP contribution in [0.15, 0.2) is 12.5 Å². The van der Waals surface area contributed by atoms with Crippen LogP contribution in [0.2, 0.25) is 0 Å². The lowest BCUT2D eigenvalue weighted by atomic mass is 10.3. The van der Waals surface area contributed by atoms with E-state index in [1.54, 1.807) is 6.33 Å². The quantitative estimate of drug-likeness (QED) is 0.803. The summed E-state index contributed by atoms with van der Waals surface area (Å²) in [4.78, 5) is 8.00. The van der Waals surface area contributed by atoms with Gasteiger partial charge in [0.25, 0.3) is 0 Å². The van der Waals surface area contributed by atoms with Gasteiger partial charge in [0.1, 0.15) is 23.8 Å². The fourth-order valence-electron chi connectivity index (χ4n) is 1.57. The summed E-state index contributed by atoms with van der Waals surface area (Å²) < 4.78 is 1.96. The van der Waals surface area contributed by atoms with Crippen LogP contribution in [-0.2, 0) is 13.1 Å². The van der Waals surface area contributed by atoms with Crippen LogP contribution in [0.4, 0.5) is 11.8 Å². The highest BCUT2D eigenvalue weighted by Gasteiger charge is 2.06. The van der Waals surface area contributed by atoms with Gasteiger partial charge in [0.05, 0.1) is 12.7 Å². The zero-order valence-corrected chi connectivity index (χ0v) is 10.5. The van der Waals surface area contributed by atoms with Gasteiger partial charge >= 0.3 is 0 Å². The van der Waals surface area contributed by atoms with Gasteiger partial charge in [-0.15, -0.1) is 10.2 Å². The standard InChI is InChI=1S/C11H14N8/c1-2-3-19-7-16-18-9(19)6-15-11-14-5-8(4-12)10(13)17-11/h5,7H,2-3,6H2,1H3,(H3,13,14,15,17). The summed E-state index contributed by atoms with van der Waals surface area (Å²) in [7, 11) is 0. The molecule has 0 saturated heterocycles. The number of rotatable bonds is 5. The summed E-state index contributed by atoms with van der Waals surface area (Å²) in [5.41, 5.74) is 5.88. The van der Waals surface area contributed by atoms with Crippen molar-refractivity contribution in [1.82, 2.24) is 24.7 Å². The molecule has 2 rings (SSSR count). The summed E-state index contributed by atoms with van der Waals surface area (Å²) in [6.45, 7) is 3.40. The minimum atomic E-state index is 0.162. The fourth-order valence-corrected chi connectivity index (χ4v) is 1.57.